The smallest absolute Gasteiger partial charge is 0.435 e. The molecule has 7 nitrogen and oxygen atoms in total. The summed E-state index contributed by atoms with van der Waals surface area (Å²) in [6.07, 6.45) is 1.43. The maximum absolute atomic E-state index is 12.6. The molecule has 1 unspecified atom stereocenters. The van der Waals surface area contributed by atoms with Crippen LogP contribution in [0.5, 0.6) is 0 Å². The molecule has 0 saturated heterocycles. The Morgan fingerprint density at radius 2 is 1.93 bits per heavy atom. The van der Waals surface area contributed by atoms with Crippen LogP contribution < -0.4 is 5.32 Å². The van der Waals surface area contributed by atoms with E-state index in [2.05, 4.69) is 16.5 Å². The minimum atomic E-state index is -0.628. The molecule has 1 amide bonds. The van der Waals surface area contributed by atoms with E-state index in [9.17, 15) is 9.59 Å². The van der Waals surface area contributed by atoms with Crippen LogP contribution in [0.4, 0.5) is 10.6 Å². The summed E-state index contributed by atoms with van der Waals surface area (Å²) in [4.78, 5) is 25.1. The molecule has 0 radical (unpaired) electrons. The van der Waals surface area contributed by atoms with E-state index in [1.165, 1.54) is 4.68 Å². The van der Waals surface area contributed by atoms with Crippen LogP contribution in [0.25, 0.3) is 0 Å². The fourth-order valence-corrected chi connectivity index (χ4v) is 2.81. The monoisotopic (exact) mass is 380 g/mol. The molecule has 1 saturated carbocycles. The predicted molar refractivity (Wildman–Crippen MR) is 104 cm³/mol. The number of ether oxygens (including phenoxy) is 1. The quantitative estimate of drug-likeness (QED) is 0.859. The Bertz CT molecular complexity index is 928. The summed E-state index contributed by atoms with van der Waals surface area (Å²) in [7, 11) is 0. The van der Waals surface area contributed by atoms with Crippen LogP contribution in [0.1, 0.15) is 69.2 Å². The van der Waals surface area contributed by atoms with Crippen molar-refractivity contribution in [3.8, 4) is 6.07 Å². The second kappa shape index (κ2) is 7.47. The molecule has 1 aromatic heterocycles. The van der Waals surface area contributed by atoms with Gasteiger partial charge in [-0.2, -0.15) is 9.94 Å². The number of hydrogen-bond acceptors (Lipinski definition) is 5. The first-order chi connectivity index (χ1) is 13.2. The lowest BCUT2D eigenvalue weighted by Crippen LogP contribution is -2.28. The van der Waals surface area contributed by atoms with Crippen LogP contribution in [-0.2, 0) is 9.53 Å². The van der Waals surface area contributed by atoms with Crippen molar-refractivity contribution in [1.82, 2.24) is 9.78 Å². The summed E-state index contributed by atoms with van der Waals surface area (Å²) < 4.78 is 6.68. The molecular formula is C21H24N4O3. The van der Waals surface area contributed by atoms with Crippen molar-refractivity contribution >= 4 is 17.8 Å². The maximum atomic E-state index is 12.6. The van der Waals surface area contributed by atoms with Crippen LogP contribution in [0.2, 0.25) is 0 Å². The van der Waals surface area contributed by atoms with Crippen molar-refractivity contribution < 1.29 is 14.3 Å². The molecule has 1 aliphatic carbocycles. The van der Waals surface area contributed by atoms with Gasteiger partial charge in [0.1, 0.15) is 5.60 Å². The first-order valence-corrected chi connectivity index (χ1v) is 9.32. The van der Waals surface area contributed by atoms with Crippen molar-refractivity contribution in [2.24, 2.45) is 0 Å². The first-order valence-electron chi connectivity index (χ1n) is 9.32. The molecule has 146 valence electrons. The van der Waals surface area contributed by atoms with Gasteiger partial charge in [0.2, 0.25) is 5.91 Å². The molecule has 0 aliphatic heterocycles. The minimum Gasteiger partial charge on any atom is -0.442 e. The molecule has 2 aromatic rings. The normalized spacial score (nSPS) is 14.8. The third kappa shape index (κ3) is 4.58. The highest BCUT2D eigenvalue weighted by molar-refractivity contribution is 5.95. The van der Waals surface area contributed by atoms with Gasteiger partial charge in [-0.15, -0.1) is 5.10 Å². The number of hydrogen-bond donors (Lipinski definition) is 1. The highest BCUT2D eigenvalue weighted by Gasteiger charge is 2.32. The second-order valence-corrected chi connectivity index (χ2v) is 8.07. The number of nitrogens with zero attached hydrogens (tertiary/aromatic N) is 3. The number of nitriles is 1. The molecule has 28 heavy (non-hydrogen) atoms. The number of benzene rings is 1. The second-order valence-electron chi connectivity index (χ2n) is 8.07. The number of amides is 1. The molecule has 1 atom stereocenters. The first kappa shape index (κ1) is 19.6. The Morgan fingerprint density at radius 1 is 1.29 bits per heavy atom. The molecular weight excluding hydrogens is 356 g/mol. The lowest BCUT2D eigenvalue weighted by atomic mass is 9.99. The van der Waals surface area contributed by atoms with E-state index in [1.54, 1.807) is 58.0 Å². The van der Waals surface area contributed by atoms with Gasteiger partial charge in [-0.3, -0.25) is 4.79 Å². The van der Waals surface area contributed by atoms with Crippen LogP contribution >= 0.6 is 0 Å². The third-order valence-electron chi connectivity index (χ3n) is 4.48. The number of aromatic nitrogens is 2. The maximum Gasteiger partial charge on any atom is 0.435 e. The average molecular weight is 380 g/mol. The summed E-state index contributed by atoms with van der Waals surface area (Å²) in [6.45, 7) is 7.18. The molecule has 0 bridgehead atoms. The lowest BCUT2D eigenvalue weighted by Gasteiger charge is -2.19. The van der Waals surface area contributed by atoms with E-state index < -0.39 is 17.6 Å². The fraction of sp³-hybridized carbons (Fsp3) is 0.429. The summed E-state index contributed by atoms with van der Waals surface area (Å²) in [5.74, 6) is -0.0652. The van der Waals surface area contributed by atoms with Gasteiger partial charge >= 0.3 is 6.09 Å². The predicted octanol–water partition coefficient (Wildman–Crippen LogP) is 4.16. The summed E-state index contributed by atoms with van der Waals surface area (Å²) in [5.41, 5.74) is 1.47. The molecule has 1 N–H and O–H groups in total. The van der Waals surface area contributed by atoms with E-state index >= 15 is 0 Å². The SMILES string of the molecule is CC(C(=O)Nc1cc(C2CC2)n(C(=O)OC(C)(C)C)n1)c1ccc(C#N)cc1. The van der Waals surface area contributed by atoms with Gasteiger partial charge < -0.3 is 10.1 Å². The van der Waals surface area contributed by atoms with Crippen LogP contribution in [0, 0.1) is 11.3 Å². The van der Waals surface area contributed by atoms with E-state index in [0.29, 0.717) is 11.4 Å². The lowest BCUT2D eigenvalue weighted by molar-refractivity contribution is -0.117. The number of carbonyl (C=O) groups excluding carboxylic acids is 2. The van der Waals surface area contributed by atoms with E-state index in [0.717, 1.165) is 24.1 Å². The standard InChI is InChI=1S/C21H24N4O3/c1-13(15-7-5-14(12-22)6-8-15)19(26)23-18-11-17(16-9-10-16)25(24-18)20(27)28-21(2,3)4/h5-8,11,13,16H,9-10H2,1-4H3,(H,23,24,26). The van der Waals surface area contributed by atoms with Crippen molar-refractivity contribution in [2.45, 2.75) is 58.0 Å². The van der Waals surface area contributed by atoms with Crippen LogP contribution in [-0.4, -0.2) is 27.4 Å². The zero-order valence-corrected chi connectivity index (χ0v) is 16.5. The summed E-state index contributed by atoms with van der Waals surface area (Å²) >= 11 is 0. The van der Waals surface area contributed by atoms with Gasteiger partial charge in [0.15, 0.2) is 5.82 Å². The molecule has 7 heteroatoms. The Hall–Kier alpha value is -3.14. The topological polar surface area (TPSA) is 97.0 Å². The zero-order valence-electron chi connectivity index (χ0n) is 16.5. The molecule has 1 heterocycles. The number of anilines is 1. The number of nitrogens with one attached hydrogen (secondary N) is 1. The Labute approximate surface area is 164 Å². The van der Waals surface area contributed by atoms with Crippen molar-refractivity contribution in [2.75, 3.05) is 5.32 Å². The fourth-order valence-electron chi connectivity index (χ4n) is 2.81. The average Bonchev–Trinajstić information content (AvgIpc) is 3.40. The van der Waals surface area contributed by atoms with Gasteiger partial charge in [0.05, 0.1) is 23.2 Å². The molecule has 1 aliphatic rings. The molecule has 1 aromatic carbocycles. The zero-order chi connectivity index (χ0) is 20.5. The highest BCUT2D eigenvalue weighted by atomic mass is 16.6. The van der Waals surface area contributed by atoms with Crippen LogP contribution in [0.3, 0.4) is 0 Å². The van der Waals surface area contributed by atoms with Gasteiger partial charge in [-0.25, -0.2) is 4.79 Å². The minimum absolute atomic E-state index is 0.235. The van der Waals surface area contributed by atoms with Crippen molar-refractivity contribution in [1.29, 1.82) is 5.26 Å². The van der Waals surface area contributed by atoms with E-state index in [-0.39, 0.29) is 11.8 Å². The largest absolute Gasteiger partial charge is 0.442 e. The van der Waals surface area contributed by atoms with Crippen LogP contribution in [0.15, 0.2) is 30.3 Å². The Kier molecular flexibility index (Phi) is 5.23. The Balaban J connectivity index is 1.76. The Morgan fingerprint density at radius 3 is 2.46 bits per heavy atom. The number of rotatable bonds is 4. The third-order valence-corrected chi connectivity index (χ3v) is 4.48. The molecule has 0 spiro atoms. The van der Waals surface area contributed by atoms with Crippen molar-refractivity contribution in [3.05, 3.63) is 47.2 Å². The summed E-state index contributed by atoms with van der Waals surface area (Å²) in [6, 6.07) is 10.7. The molecule has 1 fully saturated rings. The van der Waals surface area contributed by atoms with Gasteiger partial charge in [-0.05, 0) is 58.2 Å². The molecule has 3 rings (SSSR count). The van der Waals surface area contributed by atoms with Gasteiger partial charge in [-0.1, -0.05) is 12.1 Å². The van der Waals surface area contributed by atoms with E-state index in [1.807, 2.05) is 0 Å². The van der Waals surface area contributed by atoms with E-state index in [4.69, 9.17) is 10.00 Å². The van der Waals surface area contributed by atoms with Gasteiger partial charge in [0.25, 0.3) is 0 Å². The highest BCUT2D eigenvalue weighted by Crippen LogP contribution is 2.41. The summed E-state index contributed by atoms with van der Waals surface area (Å²) in [5, 5.41) is 15.9. The van der Waals surface area contributed by atoms with Crippen molar-refractivity contribution in [3.63, 3.8) is 0 Å². The number of carbonyl (C=O) groups is 2. The van der Waals surface area contributed by atoms with Gasteiger partial charge in [0, 0.05) is 12.0 Å².